The molecule has 1 saturated heterocycles. The van der Waals surface area contributed by atoms with Crippen molar-refractivity contribution in [3.05, 3.63) is 0 Å². The molecule has 2 atom stereocenters. The standard InChI is InChI=1S/C8H16N2O3/c1-6(8(11)10-9)13-7-4-2-3-5-12-7/h6-7H,2-5,9H2,1H3,(H,10,11)/t6-,7?/m1/s1. The zero-order valence-electron chi connectivity index (χ0n) is 7.79. The van der Waals surface area contributed by atoms with Gasteiger partial charge in [0.2, 0.25) is 0 Å². The first-order valence-corrected chi connectivity index (χ1v) is 4.51. The van der Waals surface area contributed by atoms with Gasteiger partial charge in [-0.1, -0.05) is 0 Å². The maximum atomic E-state index is 11.0. The van der Waals surface area contributed by atoms with Crippen LogP contribution in [0.2, 0.25) is 0 Å². The van der Waals surface area contributed by atoms with Crippen molar-refractivity contribution in [1.82, 2.24) is 5.43 Å². The van der Waals surface area contributed by atoms with Crippen LogP contribution >= 0.6 is 0 Å². The summed E-state index contributed by atoms with van der Waals surface area (Å²) in [6.07, 6.45) is 2.20. The normalized spacial score (nSPS) is 25.2. The third-order valence-corrected chi connectivity index (χ3v) is 2.01. The Bertz CT molecular complexity index is 169. The van der Waals surface area contributed by atoms with Crippen molar-refractivity contribution in [2.75, 3.05) is 6.61 Å². The molecular formula is C8H16N2O3. The number of ether oxygens (including phenoxy) is 2. The Kier molecular flexibility index (Phi) is 4.14. The van der Waals surface area contributed by atoms with Crippen LogP contribution in [0.3, 0.4) is 0 Å². The van der Waals surface area contributed by atoms with E-state index in [9.17, 15) is 4.79 Å². The van der Waals surface area contributed by atoms with Crippen LogP contribution in [0.1, 0.15) is 26.2 Å². The van der Waals surface area contributed by atoms with E-state index in [-0.39, 0.29) is 12.2 Å². The van der Waals surface area contributed by atoms with Gasteiger partial charge in [0.1, 0.15) is 6.10 Å². The molecule has 13 heavy (non-hydrogen) atoms. The van der Waals surface area contributed by atoms with Crippen LogP contribution in [0.15, 0.2) is 0 Å². The molecule has 1 amide bonds. The van der Waals surface area contributed by atoms with Crippen LogP contribution in [0, 0.1) is 0 Å². The summed E-state index contributed by atoms with van der Waals surface area (Å²) in [6, 6.07) is 0. The van der Waals surface area contributed by atoms with Crippen LogP contribution in [-0.2, 0) is 14.3 Å². The lowest BCUT2D eigenvalue weighted by molar-refractivity contribution is -0.189. The summed E-state index contributed by atoms with van der Waals surface area (Å²) in [5.74, 6) is 4.63. The first kappa shape index (κ1) is 10.4. The highest BCUT2D eigenvalue weighted by Gasteiger charge is 2.20. The minimum Gasteiger partial charge on any atom is -0.353 e. The summed E-state index contributed by atoms with van der Waals surface area (Å²) in [6.45, 7) is 2.36. The number of carbonyl (C=O) groups excluding carboxylic acids is 1. The Balaban J connectivity index is 2.25. The molecule has 0 spiro atoms. The molecule has 1 aliphatic rings. The molecule has 1 fully saturated rings. The minimum absolute atomic E-state index is 0.249. The Morgan fingerprint density at radius 2 is 2.46 bits per heavy atom. The first-order chi connectivity index (χ1) is 6.24. The molecule has 5 nitrogen and oxygen atoms in total. The summed E-state index contributed by atoms with van der Waals surface area (Å²) in [7, 11) is 0. The van der Waals surface area contributed by atoms with E-state index >= 15 is 0 Å². The fourth-order valence-electron chi connectivity index (χ4n) is 1.23. The van der Waals surface area contributed by atoms with Crippen LogP contribution < -0.4 is 11.3 Å². The lowest BCUT2D eigenvalue weighted by atomic mass is 10.2. The molecule has 0 aromatic carbocycles. The number of hydrazine groups is 1. The molecule has 0 aromatic heterocycles. The highest BCUT2D eigenvalue weighted by Crippen LogP contribution is 2.15. The monoisotopic (exact) mass is 188 g/mol. The second kappa shape index (κ2) is 5.16. The van der Waals surface area contributed by atoms with Gasteiger partial charge >= 0.3 is 0 Å². The number of nitrogens with one attached hydrogen (secondary N) is 1. The van der Waals surface area contributed by atoms with Gasteiger partial charge in [-0.2, -0.15) is 0 Å². The topological polar surface area (TPSA) is 73.6 Å². The molecule has 5 heteroatoms. The van der Waals surface area contributed by atoms with Crippen LogP contribution in [0.4, 0.5) is 0 Å². The summed E-state index contributed by atoms with van der Waals surface area (Å²) in [4.78, 5) is 11.0. The molecule has 1 unspecified atom stereocenters. The molecule has 1 aliphatic heterocycles. The van der Waals surface area contributed by atoms with Crippen molar-refractivity contribution >= 4 is 5.91 Å². The van der Waals surface area contributed by atoms with Crippen molar-refractivity contribution < 1.29 is 14.3 Å². The van der Waals surface area contributed by atoms with Crippen molar-refractivity contribution in [2.45, 2.75) is 38.6 Å². The molecule has 0 aliphatic carbocycles. The van der Waals surface area contributed by atoms with Crippen molar-refractivity contribution in [3.63, 3.8) is 0 Å². The first-order valence-electron chi connectivity index (χ1n) is 4.51. The third-order valence-electron chi connectivity index (χ3n) is 2.01. The lowest BCUT2D eigenvalue weighted by Crippen LogP contribution is -2.41. The largest absolute Gasteiger partial charge is 0.353 e. The van der Waals surface area contributed by atoms with Gasteiger partial charge in [-0.25, -0.2) is 5.84 Å². The predicted molar refractivity (Wildman–Crippen MR) is 46.5 cm³/mol. The minimum atomic E-state index is -0.548. The zero-order chi connectivity index (χ0) is 9.68. The van der Waals surface area contributed by atoms with Crippen LogP contribution in [0.5, 0.6) is 0 Å². The summed E-state index contributed by atoms with van der Waals surface area (Å²) >= 11 is 0. The molecule has 0 radical (unpaired) electrons. The van der Waals surface area contributed by atoms with E-state index in [1.54, 1.807) is 6.92 Å². The molecule has 0 aromatic rings. The highest BCUT2D eigenvalue weighted by atomic mass is 16.7. The molecule has 1 heterocycles. The van der Waals surface area contributed by atoms with Crippen molar-refractivity contribution in [1.29, 1.82) is 0 Å². The summed E-state index contributed by atoms with van der Waals surface area (Å²) in [5, 5.41) is 0. The Morgan fingerprint density at radius 1 is 1.69 bits per heavy atom. The predicted octanol–water partition coefficient (Wildman–Crippen LogP) is -0.0920. The van der Waals surface area contributed by atoms with Gasteiger partial charge in [0.15, 0.2) is 6.29 Å². The molecule has 76 valence electrons. The van der Waals surface area contributed by atoms with Gasteiger partial charge in [0.05, 0.1) is 0 Å². The Morgan fingerprint density at radius 3 is 3.00 bits per heavy atom. The maximum absolute atomic E-state index is 11.0. The fraction of sp³-hybridized carbons (Fsp3) is 0.875. The summed E-state index contributed by atoms with van der Waals surface area (Å²) < 4.78 is 10.6. The average molecular weight is 188 g/mol. The second-order valence-electron chi connectivity index (χ2n) is 3.08. The molecule has 1 rings (SSSR count). The maximum Gasteiger partial charge on any atom is 0.262 e. The number of hydrogen-bond acceptors (Lipinski definition) is 4. The number of carbonyl (C=O) groups is 1. The number of rotatable bonds is 3. The van der Waals surface area contributed by atoms with E-state index in [0.717, 1.165) is 19.3 Å². The number of nitrogens with two attached hydrogens (primary N) is 1. The zero-order valence-corrected chi connectivity index (χ0v) is 7.79. The van der Waals surface area contributed by atoms with E-state index < -0.39 is 6.10 Å². The Hall–Kier alpha value is -0.650. The van der Waals surface area contributed by atoms with Gasteiger partial charge in [0, 0.05) is 6.61 Å². The summed E-state index contributed by atoms with van der Waals surface area (Å²) in [5.41, 5.74) is 2.03. The van der Waals surface area contributed by atoms with Gasteiger partial charge in [0.25, 0.3) is 5.91 Å². The second-order valence-corrected chi connectivity index (χ2v) is 3.08. The smallest absolute Gasteiger partial charge is 0.262 e. The van der Waals surface area contributed by atoms with E-state index in [1.165, 1.54) is 0 Å². The SMILES string of the molecule is C[C@@H](OC1CCCCO1)C(=O)NN. The van der Waals surface area contributed by atoms with Crippen LogP contribution in [-0.4, -0.2) is 24.9 Å². The van der Waals surface area contributed by atoms with Gasteiger partial charge < -0.3 is 9.47 Å². The van der Waals surface area contributed by atoms with Crippen molar-refractivity contribution in [3.8, 4) is 0 Å². The molecular weight excluding hydrogens is 172 g/mol. The van der Waals surface area contributed by atoms with E-state index in [0.29, 0.717) is 6.61 Å². The Labute approximate surface area is 77.5 Å². The van der Waals surface area contributed by atoms with Crippen molar-refractivity contribution in [2.24, 2.45) is 5.84 Å². The average Bonchev–Trinajstić information content (AvgIpc) is 2.18. The molecule has 0 bridgehead atoms. The van der Waals surface area contributed by atoms with Gasteiger partial charge in [-0.3, -0.25) is 10.2 Å². The fourth-order valence-corrected chi connectivity index (χ4v) is 1.23. The molecule has 3 N–H and O–H groups in total. The van der Waals surface area contributed by atoms with E-state index in [4.69, 9.17) is 15.3 Å². The number of amides is 1. The van der Waals surface area contributed by atoms with Gasteiger partial charge in [-0.15, -0.1) is 0 Å². The highest BCUT2D eigenvalue weighted by molar-refractivity contribution is 5.79. The van der Waals surface area contributed by atoms with Gasteiger partial charge in [-0.05, 0) is 26.2 Å². The van der Waals surface area contributed by atoms with E-state index in [2.05, 4.69) is 0 Å². The quantitative estimate of drug-likeness (QED) is 0.369. The van der Waals surface area contributed by atoms with Crippen LogP contribution in [0.25, 0.3) is 0 Å². The van der Waals surface area contributed by atoms with E-state index in [1.807, 2.05) is 5.43 Å². The number of hydrogen-bond donors (Lipinski definition) is 2. The lowest BCUT2D eigenvalue weighted by Gasteiger charge is -2.25. The molecule has 0 saturated carbocycles. The third kappa shape index (κ3) is 3.30.